The van der Waals surface area contributed by atoms with Gasteiger partial charge in [0, 0.05) is 30.9 Å². The molecule has 0 atom stereocenters. The van der Waals surface area contributed by atoms with Crippen molar-refractivity contribution in [3.63, 3.8) is 0 Å². The molecule has 2 rings (SSSR count). The van der Waals surface area contributed by atoms with Gasteiger partial charge in [-0.25, -0.2) is 0 Å². The number of amides is 1. The lowest BCUT2D eigenvalue weighted by atomic mass is 9.92. The maximum atomic E-state index is 11.9. The standard InChI is InChI=1S/C18H28N2O/c1-14-9-11-20(12-10-14)16-7-5-15(6-8-16)19-17(21)13-18(2,3)4/h5-8,14H,9-13H2,1-4H3,(H,19,21). The molecular weight excluding hydrogens is 260 g/mol. The highest BCUT2D eigenvalue weighted by molar-refractivity contribution is 5.91. The first-order chi connectivity index (χ1) is 9.83. The van der Waals surface area contributed by atoms with E-state index < -0.39 is 0 Å². The van der Waals surface area contributed by atoms with Gasteiger partial charge in [-0.3, -0.25) is 4.79 Å². The van der Waals surface area contributed by atoms with Crippen molar-refractivity contribution in [1.82, 2.24) is 0 Å². The van der Waals surface area contributed by atoms with Crippen LogP contribution in [0.5, 0.6) is 0 Å². The van der Waals surface area contributed by atoms with Crippen LogP contribution in [0.3, 0.4) is 0 Å². The number of carbonyl (C=O) groups excluding carboxylic acids is 1. The van der Waals surface area contributed by atoms with Crippen molar-refractivity contribution in [2.45, 2.75) is 47.0 Å². The Balaban J connectivity index is 1.91. The fourth-order valence-corrected chi connectivity index (χ4v) is 2.71. The van der Waals surface area contributed by atoms with Gasteiger partial charge in [-0.15, -0.1) is 0 Å². The second-order valence-electron chi connectivity index (χ2n) is 7.50. The van der Waals surface area contributed by atoms with Gasteiger partial charge >= 0.3 is 0 Å². The minimum atomic E-state index is 0.0223. The number of carbonyl (C=O) groups is 1. The maximum absolute atomic E-state index is 11.9. The van der Waals surface area contributed by atoms with E-state index in [1.54, 1.807) is 0 Å². The van der Waals surface area contributed by atoms with Crippen LogP contribution < -0.4 is 10.2 Å². The monoisotopic (exact) mass is 288 g/mol. The number of hydrogen-bond acceptors (Lipinski definition) is 2. The predicted octanol–water partition coefficient (Wildman–Crippen LogP) is 4.30. The summed E-state index contributed by atoms with van der Waals surface area (Å²) in [7, 11) is 0. The van der Waals surface area contributed by atoms with Crippen molar-refractivity contribution in [3.05, 3.63) is 24.3 Å². The molecule has 21 heavy (non-hydrogen) atoms. The molecule has 1 N–H and O–H groups in total. The minimum absolute atomic E-state index is 0.0223. The number of rotatable bonds is 3. The van der Waals surface area contributed by atoms with Crippen molar-refractivity contribution >= 4 is 17.3 Å². The van der Waals surface area contributed by atoms with E-state index in [2.05, 4.69) is 50.0 Å². The van der Waals surface area contributed by atoms with E-state index in [0.29, 0.717) is 6.42 Å². The molecule has 0 saturated carbocycles. The van der Waals surface area contributed by atoms with Gasteiger partial charge in [0.1, 0.15) is 0 Å². The number of benzene rings is 1. The molecule has 1 saturated heterocycles. The molecule has 0 aliphatic carbocycles. The van der Waals surface area contributed by atoms with E-state index in [4.69, 9.17) is 0 Å². The minimum Gasteiger partial charge on any atom is -0.372 e. The molecule has 0 radical (unpaired) electrons. The smallest absolute Gasteiger partial charge is 0.224 e. The van der Waals surface area contributed by atoms with E-state index in [1.807, 2.05) is 12.1 Å². The number of anilines is 2. The number of piperidine rings is 1. The Kier molecular flexibility index (Phi) is 4.92. The first-order valence-corrected chi connectivity index (χ1v) is 7.98. The Morgan fingerprint density at radius 1 is 1.19 bits per heavy atom. The van der Waals surface area contributed by atoms with Gasteiger partial charge in [-0.2, -0.15) is 0 Å². The van der Waals surface area contributed by atoms with E-state index >= 15 is 0 Å². The van der Waals surface area contributed by atoms with Crippen molar-refractivity contribution in [1.29, 1.82) is 0 Å². The summed E-state index contributed by atoms with van der Waals surface area (Å²) in [5.74, 6) is 0.930. The van der Waals surface area contributed by atoms with Crippen LogP contribution in [-0.2, 0) is 4.79 Å². The van der Waals surface area contributed by atoms with E-state index in [9.17, 15) is 4.79 Å². The lowest BCUT2D eigenvalue weighted by molar-refractivity contribution is -0.117. The van der Waals surface area contributed by atoms with Crippen LogP contribution in [0.4, 0.5) is 11.4 Å². The molecule has 0 bridgehead atoms. The SMILES string of the molecule is CC1CCN(c2ccc(NC(=O)CC(C)(C)C)cc2)CC1. The zero-order valence-electron chi connectivity index (χ0n) is 13.8. The summed E-state index contributed by atoms with van der Waals surface area (Å²) in [6.45, 7) is 10.8. The molecule has 3 heteroatoms. The fraction of sp³-hybridized carbons (Fsp3) is 0.611. The number of nitrogens with zero attached hydrogens (tertiary/aromatic N) is 1. The van der Waals surface area contributed by atoms with Crippen LogP contribution in [-0.4, -0.2) is 19.0 Å². The summed E-state index contributed by atoms with van der Waals surface area (Å²) in [5, 5.41) is 2.98. The van der Waals surface area contributed by atoms with Crippen LogP contribution in [0.2, 0.25) is 0 Å². The second-order valence-corrected chi connectivity index (χ2v) is 7.50. The molecule has 1 aromatic carbocycles. The van der Waals surface area contributed by atoms with Gasteiger partial charge in [0.05, 0.1) is 0 Å². The zero-order valence-corrected chi connectivity index (χ0v) is 13.8. The van der Waals surface area contributed by atoms with Crippen molar-refractivity contribution in [2.75, 3.05) is 23.3 Å². The van der Waals surface area contributed by atoms with Gasteiger partial charge in [-0.05, 0) is 48.4 Å². The molecule has 0 unspecified atom stereocenters. The third-order valence-corrected chi connectivity index (χ3v) is 3.99. The average molecular weight is 288 g/mol. The van der Waals surface area contributed by atoms with Crippen molar-refractivity contribution in [2.24, 2.45) is 11.3 Å². The second kappa shape index (κ2) is 6.50. The van der Waals surface area contributed by atoms with Crippen LogP contribution in [0.15, 0.2) is 24.3 Å². The number of nitrogens with one attached hydrogen (secondary N) is 1. The summed E-state index contributed by atoms with van der Waals surface area (Å²) in [4.78, 5) is 14.4. The van der Waals surface area contributed by atoms with E-state index in [1.165, 1.54) is 18.5 Å². The van der Waals surface area contributed by atoms with Crippen molar-refractivity contribution in [3.8, 4) is 0 Å². The lowest BCUT2D eigenvalue weighted by Crippen LogP contribution is -2.32. The molecule has 1 aliphatic rings. The third-order valence-electron chi connectivity index (χ3n) is 3.99. The molecule has 1 amide bonds. The quantitative estimate of drug-likeness (QED) is 0.899. The summed E-state index contributed by atoms with van der Waals surface area (Å²) in [5.41, 5.74) is 2.17. The maximum Gasteiger partial charge on any atom is 0.224 e. The summed E-state index contributed by atoms with van der Waals surface area (Å²) in [6, 6.07) is 8.24. The van der Waals surface area contributed by atoms with Crippen LogP contribution in [0.1, 0.15) is 47.0 Å². The predicted molar refractivity (Wildman–Crippen MR) is 89.8 cm³/mol. The molecule has 1 fully saturated rings. The topological polar surface area (TPSA) is 32.3 Å². The lowest BCUT2D eigenvalue weighted by Gasteiger charge is -2.32. The van der Waals surface area contributed by atoms with Gasteiger partial charge in [0.2, 0.25) is 5.91 Å². The molecule has 1 aromatic rings. The molecule has 0 aromatic heterocycles. The molecule has 1 aliphatic heterocycles. The third kappa shape index (κ3) is 5.07. The molecule has 1 heterocycles. The Hall–Kier alpha value is -1.51. The summed E-state index contributed by atoms with van der Waals surface area (Å²) < 4.78 is 0. The van der Waals surface area contributed by atoms with Crippen LogP contribution in [0, 0.1) is 11.3 Å². The molecule has 116 valence electrons. The Labute approximate surface area is 128 Å². The highest BCUT2D eigenvalue weighted by atomic mass is 16.1. The first kappa shape index (κ1) is 15.9. The zero-order chi connectivity index (χ0) is 15.5. The summed E-state index contributed by atoms with van der Waals surface area (Å²) in [6.07, 6.45) is 3.08. The highest BCUT2D eigenvalue weighted by Gasteiger charge is 2.17. The van der Waals surface area contributed by atoms with Crippen LogP contribution in [0.25, 0.3) is 0 Å². The Morgan fingerprint density at radius 2 is 1.76 bits per heavy atom. The summed E-state index contributed by atoms with van der Waals surface area (Å²) >= 11 is 0. The fourth-order valence-electron chi connectivity index (χ4n) is 2.71. The first-order valence-electron chi connectivity index (χ1n) is 7.98. The largest absolute Gasteiger partial charge is 0.372 e. The van der Waals surface area contributed by atoms with E-state index in [0.717, 1.165) is 24.7 Å². The molecule has 3 nitrogen and oxygen atoms in total. The van der Waals surface area contributed by atoms with Gasteiger partial charge < -0.3 is 10.2 Å². The Morgan fingerprint density at radius 3 is 2.29 bits per heavy atom. The highest BCUT2D eigenvalue weighted by Crippen LogP contribution is 2.25. The Bertz CT molecular complexity index is 465. The van der Waals surface area contributed by atoms with Gasteiger partial charge in [0.25, 0.3) is 0 Å². The van der Waals surface area contributed by atoms with E-state index in [-0.39, 0.29) is 11.3 Å². The van der Waals surface area contributed by atoms with Gasteiger partial charge in [-0.1, -0.05) is 27.7 Å². The van der Waals surface area contributed by atoms with Crippen molar-refractivity contribution < 1.29 is 4.79 Å². The molecule has 0 spiro atoms. The van der Waals surface area contributed by atoms with Crippen LogP contribution >= 0.6 is 0 Å². The molecular formula is C18H28N2O. The normalized spacial score (nSPS) is 16.9. The number of hydrogen-bond donors (Lipinski definition) is 1. The average Bonchev–Trinajstić information content (AvgIpc) is 2.38. The van der Waals surface area contributed by atoms with Gasteiger partial charge in [0.15, 0.2) is 0 Å².